The Balaban J connectivity index is 1.66. The Bertz CT molecular complexity index is 611. The van der Waals surface area contributed by atoms with Crippen molar-refractivity contribution in [2.24, 2.45) is 11.7 Å². The van der Waals surface area contributed by atoms with Crippen LogP contribution in [0, 0.1) is 5.92 Å². The van der Waals surface area contributed by atoms with E-state index in [1.807, 2.05) is 29.2 Å². The zero-order valence-electron chi connectivity index (χ0n) is 14.8. The van der Waals surface area contributed by atoms with Crippen LogP contribution >= 0.6 is 0 Å². The number of hydrogen-bond donors (Lipinski definition) is 1. The fourth-order valence-electron chi connectivity index (χ4n) is 3.93. The lowest BCUT2D eigenvalue weighted by Gasteiger charge is -2.37. The van der Waals surface area contributed by atoms with E-state index in [0.717, 1.165) is 19.5 Å². The second-order valence-electron chi connectivity index (χ2n) is 6.99. The number of carbonyl (C=O) groups is 2. The number of piperidine rings is 1. The first kappa shape index (κ1) is 17.7. The van der Waals surface area contributed by atoms with Crippen LogP contribution < -0.4 is 10.6 Å². The number of primary amides is 1. The van der Waals surface area contributed by atoms with E-state index in [2.05, 4.69) is 4.90 Å². The number of amides is 2. The van der Waals surface area contributed by atoms with Crippen molar-refractivity contribution in [3.05, 3.63) is 29.8 Å². The second-order valence-corrected chi connectivity index (χ2v) is 6.99. The molecule has 2 aliphatic heterocycles. The SMILES string of the molecule is CO[C@@H]1CCN(C(=O)c2ccc(N3CCCC3)cc2)C[C@H]1CC(N)=O. The van der Waals surface area contributed by atoms with Crippen molar-refractivity contribution in [3.8, 4) is 0 Å². The molecule has 6 nitrogen and oxygen atoms in total. The van der Waals surface area contributed by atoms with E-state index in [1.165, 1.54) is 18.5 Å². The van der Waals surface area contributed by atoms with Crippen LogP contribution in [-0.4, -0.2) is 56.1 Å². The first-order valence-electron chi connectivity index (χ1n) is 9.04. The molecule has 0 saturated carbocycles. The number of nitrogens with two attached hydrogens (primary N) is 1. The third-order valence-corrected chi connectivity index (χ3v) is 5.30. The van der Waals surface area contributed by atoms with Crippen LogP contribution in [0.3, 0.4) is 0 Å². The van der Waals surface area contributed by atoms with Crippen LogP contribution in [0.15, 0.2) is 24.3 Å². The van der Waals surface area contributed by atoms with Gasteiger partial charge in [-0.25, -0.2) is 0 Å². The van der Waals surface area contributed by atoms with Crippen molar-refractivity contribution in [2.45, 2.75) is 31.8 Å². The zero-order chi connectivity index (χ0) is 17.8. The van der Waals surface area contributed by atoms with Crippen LogP contribution in [0.2, 0.25) is 0 Å². The highest BCUT2D eigenvalue weighted by molar-refractivity contribution is 5.94. The molecule has 2 aliphatic rings. The number of carbonyl (C=O) groups excluding carboxylic acids is 2. The van der Waals surface area contributed by atoms with Crippen LogP contribution in [0.1, 0.15) is 36.0 Å². The second kappa shape index (κ2) is 7.87. The summed E-state index contributed by atoms with van der Waals surface area (Å²) in [7, 11) is 1.65. The molecule has 0 aromatic heterocycles. The largest absolute Gasteiger partial charge is 0.381 e. The van der Waals surface area contributed by atoms with Crippen LogP contribution in [0.4, 0.5) is 5.69 Å². The van der Waals surface area contributed by atoms with E-state index in [9.17, 15) is 9.59 Å². The van der Waals surface area contributed by atoms with Crippen LogP contribution in [-0.2, 0) is 9.53 Å². The normalized spacial score (nSPS) is 23.7. The number of rotatable bonds is 5. The predicted octanol–water partition coefficient (Wildman–Crippen LogP) is 1.64. The molecule has 0 unspecified atom stereocenters. The predicted molar refractivity (Wildman–Crippen MR) is 96.5 cm³/mol. The molecular formula is C19H27N3O3. The van der Waals surface area contributed by atoms with Crippen molar-refractivity contribution in [1.82, 2.24) is 4.90 Å². The average Bonchev–Trinajstić information content (AvgIpc) is 3.15. The van der Waals surface area contributed by atoms with Gasteiger partial charge in [0, 0.05) is 56.9 Å². The minimum atomic E-state index is -0.351. The summed E-state index contributed by atoms with van der Waals surface area (Å²) in [4.78, 5) is 28.3. The number of nitrogens with zero attached hydrogens (tertiary/aromatic N) is 2. The van der Waals surface area contributed by atoms with Gasteiger partial charge in [-0.2, -0.15) is 0 Å². The van der Waals surface area contributed by atoms with Gasteiger partial charge < -0.3 is 20.3 Å². The molecule has 0 spiro atoms. The number of likely N-dealkylation sites (tertiary alicyclic amines) is 1. The van der Waals surface area contributed by atoms with Gasteiger partial charge in [0.25, 0.3) is 5.91 Å². The van der Waals surface area contributed by atoms with Crippen molar-refractivity contribution in [2.75, 3.05) is 38.2 Å². The van der Waals surface area contributed by atoms with E-state index in [1.54, 1.807) is 7.11 Å². The number of benzene rings is 1. The topological polar surface area (TPSA) is 75.9 Å². The lowest BCUT2D eigenvalue weighted by Crippen LogP contribution is -2.47. The van der Waals surface area contributed by atoms with Gasteiger partial charge in [0.05, 0.1) is 6.10 Å². The first-order chi connectivity index (χ1) is 12.1. The standard InChI is InChI=1S/C19H27N3O3/c1-25-17-8-11-22(13-15(17)12-18(20)23)19(24)14-4-6-16(7-5-14)21-9-2-3-10-21/h4-7,15,17H,2-3,8-13H2,1H3,(H2,20,23)/t15-,17-/m1/s1. The molecule has 25 heavy (non-hydrogen) atoms. The van der Waals surface area contributed by atoms with Gasteiger partial charge in [-0.05, 0) is 43.5 Å². The van der Waals surface area contributed by atoms with Gasteiger partial charge in [-0.15, -0.1) is 0 Å². The maximum Gasteiger partial charge on any atom is 0.253 e. The Morgan fingerprint density at radius 2 is 1.84 bits per heavy atom. The van der Waals surface area contributed by atoms with Gasteiger partial charge in [-0.1, -0.05) is 0 Å². The molecule has 1 aromatic rings. The molecule has 3 rings (SSSR count). The molecule has 2 heterocycles. The number of anilines is 1. The lowest BCUT2D eigenvalue weighted by atomic mass is 9.91. The van der Waals surface area contributed by atoms with E-state index in [-0.39, 0.29) is 30.3 Å². The average molecular weight is 345 g/mol. The Morgan fingerprint density at radius 1 is 1.16 bits per heavy atom. The van der Waals surface area contributed by atoms with Crippen molar-refractivity contribution in [3.63, 3.8) is 0 Å². The highest BCUT2D eigenvalue weighted by Crippen LogP contribution is 2.25. The quantitative estimate of drug-likeness (QED) is 0.880. The molecule has 2 fully saturated rings. The summed E-state index contributed by atoms with van der Waals surface area (Å²) in [6.07, 6.45) is 3.42. The van der Waals surface area contributed by atoms with E-state index >= 15 is 0 Å². The van der Waals surface area contributed by atoms with Gasteiger partial charge >= 0.3 is 0 Å². The van der Waals surface area contributed by atoms with Crippen LogP contribution in [0.5, 0.6) is 0 Å². The first-order valence-corrected chi connectivity index (χ1v) is 9.04. The van der Waals surface area contributed by atoms with E-state index in [4.69, 9.17) is 10.5 Å². The molecule has 2 saturated heterocycles. The Kier molecular flexibility index (Phi) is 5.58. The third-order valence-electron chi connectivity index (χ3n) is 5.30. The molecule has 1 aromatic carbocycles. The maximum absolute atomic E-state index is 12.8. The highest BCUT2D eigenvalue weighted by Gasteiger charge is 2.32. The van der Waals surface area contributed by atoms with Crippen molar-refractivity contribution in [1.29, 1.82) is 0 Å². The molecule has 0 bridgehead atoms. The molecule has 2 atom stereocenters. The van der Waals surface area contributed by atoms with Gasteiger partial charge in [0.1, 0.15) is 0 Å². The van der Waals surface area contributed by atoms with Gasteiger partial charge in [-0.3, -0.25) is 9.59 Å². The summed E-state index contributed by atoms with van der Waals surface area (Å²) >= 11 is 0. The number of methoxy groups -OCH3 is 1. The Labute approximate surface area is 148 Å². The van der Waals surface area contributed by atoms with E-state index < -0.39 is 0 Å². The monoisotopic (exact) mass is 345 g/mol. The van der Waals surface area contributed by atoms with Crippen LogP contribution in [0.25, 0.3) is 0 Å². The summed E-state index contributed by atoms with van der Waals surface area (Å²) in [6.45, 7) is 3.33. The van der Waals surface area contributed by atoms with Crippen molar-refractivity contribution < 1.29 is 14.3 Å². The Morgan fingerprint density at radius 3 is 2.44 bits per heavy atom. The molecule has 2 amide bonds. The number of ether oxygens (including phenoxy) is 1. The summed E-state index contributed by atoms with van der Waals surface area (Å²) in [6, 6.07) is 7.87. The molecule has 136 valence electrons. The van der Waals surface area contributed by atoms with Gasteiger partial charge in [0.2, 0.25) is 5.91 Å². The summed E-state index contributed by atoms with van der Waals surface area (Å²) in [5.41, 5.74) is 7.22. The fraction of sp³-hybridized carbons (Fsp3) is 0.579. The molecule has 6 heteroatoms. The molecule has 0 aliphatic carbocycles. The molecular weight excluding hydrogens is 318 g/mol. The summed E-state index contributed by atoms with van der Waals surface area (Å²) in [5.74, 6) is -0.377. The van der Waals surface area contributed by atoms with E-state index in [0.29, 0.717) is 18.7 Å². The minimum Gasteiger partial charge on any atom is -0.381 e. The fourth-order valence-corrected chi connectivity index (χ4v) is 3.93. The molecule has 0 radical (unpaired) electrons. The maximum atomic E-state index is 12.8. The number of hydrogen-bond acceptors (Lipinski definition) is 4. The van der Waals surface area contributed by atoms with Crippen molar-refractivity contribution >= 4 is 17.5 Å². The summed E-state index contributed by atoms with van der Waals surface area (Å²) in [5, 5.41) is 0. The third kappa shape index (κ3) is 4.12. The highest BCUT2D eigenvalue weighted by atomic mass is 16.5. The zero-order valence-corrected chi connectivity index (χ0v) is 14.8. The minimum absolute atomic E-state index is 0.0111. The summed E-state index contributed by atoms with van der Waals surface area (Å²) < 4.78 is 5.46. The van der Waals surface area contributed by atoms with Gasteiger partial charge in [0.15, 0.2) is 0 Å². The molecule has 2 N–H and O–H groups in total. The Hall–Kier alpha value is -2.08. The lowest BCUT2D eigenvalue weighted by molar-refractivity contribution is -0.121. The smallest absolute Gasteiger partial charge is 0.253 e.